The lowest BCUT2D eigenvalue weighted by Gasteiger charge is -2.46. The van der Waals surface area contributed by atoms with Crippen molar-refractivity contribution >= 4 is 28.0 Å². The van der Waals surface area contributed by atoms with Crippen molar-refractivity contribution < 1.29 is 18.3 Å². The van der Waals surface area contributed by atoms with Gasteiger partial charge in [0.15, 0.2) is 0 Å². The molecule has 11 heteroatoms. The Bertz CT molecular complexity index is 1340. The largest absolute Gasteiger partial charge is 0.480 e. The fourth-order valence-electron chi connectivity index (χ4n) is 5.09. The molecule has 2 aliphatic rings. The van der Waals surface area contributed by atoms with Crippen LogP contribution in [0.5, 0.6) is 5.88 Å². The smallest absolute Gasteiger partial charge is 0.258 e. The van der Waals surface area contributed by atoms with Crippen molar-refractivity contribution in [1.29, 1.82) is 0 Å². The summed E-state index contributed by atoms with van der Waals surface area (Å²) in [4.78, 5) is 12.5. The van der Waals surface area contributed by atoms with E-state index in [0.29, 0.717) is 28.5 Å². The molecule has 0 bridgehead atoms. The quantitative estimate of drug-likeness (QED) is 0.437. The minimum atomic E-state index is -2.52. The number of aromatic amines is 1. The standard InChI is InChI=1S/C23H25F2N7O2/c1-33-21-19-15(13-2-3-16-17(10-13)32(31-30-16)12-18(24)25)11-26-20(19)28-22(29-21)27-14-4-6-23(7-5-14)8-9-34-23/h2-3,10-11,14,18H,4-9,12H2,1H3,(H2,26,27,28,29). The zero-order valence-electron chi connectivity index (χ0n) is 18.7. The molecule has 0 amide bonds. The molecule has 4 heterocycles. The van der Waals surface area contributed by atoms with Crippen LogP contribution in [0, 0.1) is 0 Å². The molecule has 0 atom stereocenters. The minimum Gasteiger partial charge on any atom is -0.480 e. The summed E-state index contributed by atoms with van der Waals surface area (Å²) in [5.41, 5.74) is 3.45. The predicted molar refractivity (Wildman–Crippen MR) is 122 cm³/mol. The number of nitrogens with zero attached hydrogens (tertiary/aromatic N) is 5. The number of alkyl halides is 2. The van der Waals surface area contributed by atoms with Crippen LogP contribution >= 0.6 is 0 Å². The molecular formula is C23H25F2N7O2. The highest BCUT2D eigenvalue weighted by Crippen LogP contribution is 2.41. The summed E-state index contributed by atoms with van der Waals surface area (Å²) in [5, 5.41) is 12.0. The summed E-state index contributed by atoms with van der Waals surface area (Å²) in [6.45, 7) is 0.367. The second-order valence-corrected chi connectivity index (χ2v) is 9.05. The summed E-state index contributed by atoms with van der Waals surface area (Å²) in [6, 6.07) is 5.73. The first-order valence-corrected chi connectivity index (χ1v) is 11.5. The van der Waals surface area contributed by atoms with E-state index >= 15 is 0 Å². The Morgan fingerprint density at radius 1 is 1.26 bits per heavy atom. The topological polar surface area (TPSA) is 103 Å². The normalized spacial score (nSPS) is 22.5. The van der Waals surface area contributed by atoms with Gasteiger partial charge in [-0.1, -0.05) is 11.3 Å². The molecule has 1 saturated heterocycles. The zero-order chi connectivity index (χ0) is 23.3. The highest BCUT2D eigenvalue weighted by molar-refractivity contribution is 5.99. The third-order valence-corrected chi connectivity index (χ3v) is 7.02. The summed E-state index contributed by atoms with van der Waals surface area (Å²) < 4.78 is 38.5. The Hall–Kier alpha value is -3.34. The fourth-order valence-corrected chi connectivity index (χ4v) is 5.09. The number of hydrogen-bond donors (Lipinski definition) is 2. The Labute approximate surface area is 193 Å². The van der Waals surface area contributed by atoms with Gasteiger partial charge in [0.25, 0.3) is 6.43 Å². The van der Waals surface area contributed by atoms with Crippen LogP contribution in [0.2, 0.25) is 0 Å². The van der Waals surface area contributed by atoms with Gasteiger partial charge in [-0.2, -0.15) is 9.97 Å². The van der Waals surface area contributed by atoms with Gasteiger partial charge >= 0.3 is 0 Å². The number of hydrogen-bond acceptors (Lipinski definition) is 7. The van der Waals surface area contributed by atoms with E-state index < -0.39 is 13.0 Å². The van der Waals surface area contributed by atoms with Crippen LogP contribution in [0.15, 0.2) is 24.4 Å². The van der Waals surface area contributed by atoms with Crippen LogP contribution in [0.25, 0.3) is 33.2 Å². The Balaban J connectivity index is 1.31. The molecule has 2 N–H and O–H groups in total. The Kier molecular flexibility index (Phi) is 5.09. The van der Waals surface area contributed by atoms with Crippen molar-refractivity contribution in [3.8, 4) is 17.0 Å². The van der Waals surface area contributed by atoms with E-state index in [1.165, 1.54) is 4.68 Å². The van der Waals surface area contributed by atoms with Crippen molar-refractivity contribution in [2.24, 2.45) is 0 Å². The van der Waals surface area contributed by atoms with Crippen molar-refractivity contribution in [1.82, 2.24) is 29.9 Å². The van der Waals surface area contributed by atoms with Gasteiger partial charge in [-0.15, -0.1) is 5.10 Å². The average molecular weight is 469 g/mol. The molecule has 34 heavy (non-hydrogen) atoms. The maximum Gasteiger partial charge on any atom is 0.258 e. The molecule has 0 unspecified atom stereocenters. The third kappa shape index (κ3) is 3.64. The molecule has 1 aliphatic carbocycles. The van der Waals surface area contributed by atoms with Gasteiger partial charge in [0.1, 0.15) is 17.7 Å². The molecule has 1 saturated carbocycles. The lowest BCUT2D eigenvalue weighted by molar-refractivity contribution is -0.165. The van der Waals surface area contributed by atoms with Gasteiger partial charge in [-0.05, 0) is 49.8 Å². The molecular weight excluding hydrogens is 444 g/mol. The number of H-pyrrole nitrogens is 1. The second kappa shape index (κ2) is 8.15. The van der Waals surface area contributed by atoms with E-state index in [1.54, 1.807) is 19.2 Å². The van der Waals surface area contributed by atoms with Crippen molar-refractivity contribution in [2.45, 2.75) is 56.7 Å². The van der Waals surface area contributed by atoms with Gasteiger partial charge < -0.3 is 19.8 Å². The molecule has 9 nitrogen and oxygen atoms in total. The predicted octanol–water partition coefficient (Wildman–Crippen LogP) is 4.16. The molecule has 2 fully saturated rings. The molecule has 1 spiro atoms. The van der Waals surface area contributed by atoms with Gasteiger partial charge in [-0.3, -0.25) is 0 Å². The first kappa shape index (κ1) is 21.2. The lowest BCUT2D eigenvalue weighted by Crippen LogP contribution is -2.48. The van der Waals surface area contributed by atoms with E-state index in [1.807, 2.05) is 12.3 Å². The summed E-state index contributed by atoms with van der Waals surface area (Å²) >= 11 is 0. The molecule has 0 radical (unpaired) electrons. The van der Waals surface area contributed by atoms with Crippen LogP contribution in [0.1, 0.15) is 32.1 Å². The maximum atomic E-state index is 12.9. The number of ether oxygens (including phenoxy) is 2. The highest BCUT2D eigenvalue weighted by atomic mass is 19.3. The number of methoxy groups -OCH3 is 1. The maximum absolute atomic E-state index is 12.9. The first-order chi connectivity index (χ1) is 16.5. The van der Waals surface area contributed by atoms with E-state index in [2.05, 4.69) is 30.6 Å². The van der Waals surface area contributed by atoms with Crippen LogP contribution in [0.4, 0.5) is 14.7 Å². The van der Waals surface area contributed by atoms with Gasteiger partial charge in [-0.25, -0.2) is 13.5 Å². The number of nitrogens with one attached hydrogen (secondary N) is 2. The monoisotopic (exact) mass is 469 g/mol. The van der Waals surface area contributed by atoms with Gasteiger partial charge in [0.05, 0.1) is 30.2 Å². The summed E-state index contributed by atoms with van der Waals surface area (Å²) in [6.07, 6.45) is 4.60. The molecule has 178 valence electrons. The van der Waals surface area contributed by atoms with Crippen LogP contribution in [-0.2, 0) is 11.3 Å². The number of fused-ring (bicyclic) bond motifs is 2. The molecule has 6 rings (SSSR count). The number of anilines is 1. The van der Waals surface area contributed by atoms with E-state index in [0.717, 1.165) is 55.2 Å². The number of halogens is 2. The van der Waals surface area contributed by atoms with Crippen LogP contribution in [0.3, 0.4) is 0 Å². The van der Waals surface area contributed by atoms with E-state index in [-0.39, 0.29) is 11.6 Å². The third-order valence-electron chi connectivity index (χ3n) is 7.02. The van der Waals surface area contributed by atoms with Gasteiger partial charge in [0.2, 0.25) is 11.8 Å². The molecule has 4 aromatic rings. The SMILES string of the molecule is COc1nc(NC2CCC3(CCO3)CC2)nc2[nH]cc(-c3ccc4nnn(CC(F)F)c4c3)c12. The molecule has 3 aromatic heterocycles. The summed E-state index contributed by atoms with van der Waals surface area (Å²) in [5.74, 6) is 0.959. The number of rotatable bonds is 6. The van der Waals surface area contributed by atoms with Crippen molar-refractivity contribution in [3.05, 3.63) is 24.4 Å². The molecule has 1 aliphatic heterocycles. The second-order valence-electron chi connectivity index (χ2n) is 9.05. The van der Waals surface area contributed by atoms with Crippen molar-refractivity contribution in [3.63, 3.8) is 0 Å². The van der Waals surface area contributed by atoms with Crippen LogP contribution in [-0.4, -0.2) is 61.7 Å². The highest BCUT2D eigenvalue weighted by Gasteiger charge is 2.41. The number of benzene rings is 1. The first-order valence-electron chi connectivity index (χ1n) is 11.5. The Morgan fingerprint density at radius 2 is 2.09 bits per heavy atom. The average Bonchev–Trinajstić information content (AvgIpc) is 3.41. The number of aromatic nitrogens is 6. The van der Waals surface area contributed by atoms with Gasteiger partial charge in [0, 0.05) is 17.8 Å². The van der Waals surface area contributed by atoms with Crippen molar-refractivity contribution in [2.75, 3.05) is 19.0 Å². The van der Waals surface area contributed by atoms with E-state index in [9.17, 15) is 8.78 Å². The van der Waals surface area contributed by atoms with Crippen LogP contribution < -0.4 is 10.1 Å². The summed E-state index contributed by atoms with van der Waals surface area (Å²) in [7, 11) is 1.57. The van der Waals surface area contributed by atoms with E-state index in [4.69, 9.17) is 9.47 Å². The molecule has 1 aromatic carbocycles. The fraction of sp³-hybridized carbons (Fsp3) is 0.478. The minimum absolute atomic E-state index is 0.107. The Morgan fingerprint density at radius 3 is 2.79 bits per heavy atom. The lowest BCUT2D eigenvalue weighted by atomic mass is 9.77. The zero-order valence-corrected chi connectivity index (χ0v) is 18.7.